The highest BCUT2D eigenvalue weighted by Gasteiger charge is 2.38. The highest BCUT2D eigenvalue weighted by atomic mass is 32.2. The molecule has 19 heavy (non-hydrogen) atoms. The Balaban J connectivity index is 1.78. The number of carbonyl (C=O) groups excluding carboxylic acids is 2. The molecule has 3 atom stereocenters. The van der Waals surface area contributed by atoms with Crippen LogP contribution in [0.5, 0.6) is 0 Å². The molecule has 102 valence electrons. The van der Waals surface area contributed by atoms with Gasteiger partial charge >= 0.3 is 0 Å². The molecule has 2 aliphatic heterocycles. The van der Waals surface area contributed by atoms with Crippen molar-refractivity contribution in [2.24, 2.45) is 0 Å². The number of likely N-dealkylation sites (N-methyl/N-ethyl adjacent to an activating group) is 1. The average Bonchev–Trinajstić information content (AvgIpc) is 2.91. The molecule has 2 unspecified atom stereocenters. The Morgan fingerprint density at radius 1 is 1.37 bits per heavy atom. The summed E-state index contributed by atoms with van der Waals surface area (Å²) in [5.74, 6) is -0.195. The number of nitrogens with zero attached hydrogens (tertiary/aromatic N) is 1. The molecule has 1 aromatic heterocycles. The third kappa shape index (κ3) is 2.32. The Morgan fingerprint density at radius 2 is 2.16 bits per heavy atom. The summed E-state index contributed by atoms with van der Waals surface area (Å²) in [5.41, 5.74) is 1.28. The summed E-state index contributed by atoms with van der Waals surface area (Å²) in [7, 11) is 1.56. The van der Waals surface area contributed by atoms with E-state index in [0.717, 1.165) is 6.42 Å². The molecule has 0 radical (unpaired) electrons. The molecule has 1 saturated heterocycles. The Bertz CT molecular complexity index is 528. The summed E-state index contributed by atoms with van der Waals surface area (Å²) < 4.78 is 1.33. The Hall–Kier alpha value is -0.850. The third-order valence-electron chi connectivity index (χ3n) is 3.69. The number of rotatable bonds is 2. The zero-order valence-corrected chi connectivity index (χ0v) is 12.5. The number of hydrogen-bond acceptors (Lipinski definition) is 5. The zero-order chi connectivity index (χ0) is 13.6. The van der Waals surface area contributed by atoms with Gasteiger partial charge in [-0.1, -0.05) is 6.92 Å². The van der Waals surface area contributed by atoms with Gasteiger partial charge in [-0.2, -0.15) is 0 Å². The molecule has 1 fully saturated rings. The van der Waals surface area contributed by atoms with Crippen LogP contribution in [0.3, 0.4) is 0 Å². The van der Waals surface area contributed by atoms with Gasteiger partial charge in [-0.05, 0) is 23.4 Å². The molecule has 0 spiro atoms. The van der Waals surface area contributed by atoms with Crippen LogP contribution in [-0.4, -0.2) is 35.1 Å². The standard InChI is InChI=1S/C13H16N2O2S2/c1-7-5-9(8-3-4-18-13(8)19-7)14-10-6-11(16)15(2)12(10)17/h3-4,7,9-10,14H,5-6H2,1-2H3/t7-,9?,10?/m0/s1. The summed E-state index contributed by atoms with van der Waals surface area (Å²) in [6.07, 6.45) is 1.28. The van der Waals surface area contributed by atoms with Crippen LogP contribution in [0.1, 0.15) is 31.4 Å². The number of thioether (sulfide) groups is 1. The highest BCUT2D eigenvalue weighted by Crippen LogP contribution is 2.44. The molecule has 0 aliphatic carbocycles. The van der Waals surface area contributed by atoms with Crippen LogP contribution in [-0.2, 0) is 9.59 Å². The molecule has 6 heteroatoms. The van der Waals surface area contributed by atoms with Gasteiger partial charge in [0.2, 0.25) is 11.8 Å². The van der Waals surface area contributed by atoms with Crippen molar-refractivity contribution in [3.05, 3.63) is 17.0 Å². The third-order valence-corrected chi connectivity index (χ3v) is 6.04. The first-order valence-corrected chi connectivity index (χ1v) is 8.12. The van der Waals surface area contributed by atoms with Crippen molar-refractivity contribution in [1.29, 1.82) is 0 Å². The van der Waals surface area contributed by atoms with Crippen LogP contribution in [0.4, 0.5) is 0 Å². The van der Waals surface area contributed by atoms with Crippen molar-refractivity contribution in [1.82, 2.24) is 10.2 Å². The molecule has 0 saturated carbocycles. The smallest absolute Gasteiger partial charge is 0.246 e. The molecule has 1 N–H and O–H groups in total. The first-order valence-electron chi connectivity index (χ1n) is 6.36. The second-order valence-electron chi connectivity index (χ2n) is 5.09. The fraction of sp³-hybridized carbons (Fsp3) is 0.538. The molecular weight excluding hydrogens is 280 g/mol. The lowest BCUT2D eigenvalue weighted by Gasteiger charge is -2.29. The molecule has 2 amide bonds. The SMILES string of the molecule is C[C@H]1CC(NC2CC(=O)N(C)C2=O)c2ccsc2S1. The van der Waals surface area contributed by atoms with E-state index < -0.39 is 0 Å². The quantitative estimate of drug-likeness (QED) is 0.848. The number of nitrogens with one attached hydrogen (secondary N) is 1. The second kappa shape index (κ2) is 4.92. The van der Waals surface area contributed by atoms with Crippen molar-refractivity contribution in [2.75, 3.05) is 7.05 Å². The van der Waals surface area contributed by atoms with Gasteiger partial charge in [0.15, 0.2) is 0 Å². The van der Waals surface area contributed by atoms with Crippen LogP contribution < -0.4 is 5.32 Å². The summed E-state index contributed by atoms with van der Waals surface area (Å²) in [4.78, 5) is 24.8. The largest absolute Gasteiger partial charge is 0.298 e. The van der Waals surface area contributed by atoms with Gasteiger partial charge in [-0.3, -0.25) is 19.8 Å². The van der Waals surface area contributed by atoms with Crippen LogP contribution in [0.15, 0.2) is 15.7 Å². The van der Waals surface area contributed by atoms with E-state index in [9.17, 15) is 9.59 Å². The number of amides is 2. The highest BCUT2D eigenvalue weighted by molar-refractivity contribution is 8.01. The minimum absolute atomic E-state index is 0.0914. The van der Waals surface area contributed by atoms with Crippen molar-refractivity contribution >= 4 is 34.9 Å². The Labute approximate surface area is 120 Å². The van der Waals surface area contributed by atoms with E-state index in [2.05, 4.69) is 23.7 Å². The van der Waals surface area contributed by atoms with E-state index in [-0.39, 0.29) is 30.3 Å². The molecular formula is C13H16N2O2S2. The van der Waals surface area contributed by atoms with Gasteiger partial charge in [-0.25, -0.2) is 0 Å². The number of imide groups is 1. The summed E-state index contributed by atoms with van der Waals surface area (Å²) in [6.45, 7) is 2.20. The van der Waals surface area contributed by atoms with E-state index in [1.807, 2.05) is 11.8 Å². The van der Waals surface area contributed by atoms with Gasteiger partial charge in [0.1, 0.15) is 0 Å². The Kier molecular flexibility index (Phi) is 3.41. The first-order chi connectivity index (χ1) is 9.06. The first kappa shape index (κ1) is 13.1. The summed E-state index contributed by atoms with van der Waals surface area (Å²) in [5, 5.41) is 6.01. The predicted molar refractivity (Wildman–Crippen MR) is 76.3 cm³/mol. The number of hydrogen-bond donors (Lipinski definition) is 1. The van der Waals surface area contributed by atoms with Gasteiger partial charge in [-0.15, -0.1) is 23.1 Å². The minimum Gasteiger partial charge on any atom is -0.298 e. The van der Waals surface area contributed by atoms with Crippen molar-refractivity contribution in [2.45, 2.75) is 41.3 Å². The van der Waals surface area contributed by atoms with Gasteiger partial charge in [0.25, 0.3) is 0 Å². The lowest BCUT2D eigenvalue weighted by atomic mass is 10.0. The second-order valence-corrected chi connectivity index (χ2v) is 7.72. The summed E-state index contributed by atoms with van der Waals surface area (Å²) in [6, 6.07) is 1.96. The zero-order valence-electron chi connectivity index (χ0n) is 10.9. The maximum Gasteiger partial charge on any atom is 0.246 e. The van der Waals surface area contributed by atoms with E-state index >= 15 is 0 Å². The van der Waals surface area contributed by atoms with Crippen molar-refractivity contribution in [3.63, 3.8) is 0 Å². The minimum atomic E-state index is -0.356. The van der Waals surface area contributed by atoms with Crippen molar-refractivity contribution < 1.29 is 9.59 Å². The van der Waals surface area contributed by atoms with E-state index in [1.54, 1.807) is 18.4 Å². The number of likely N-dealkylation sites (tertiary alicyclic amines) is 1. The molecule has 4 nitrogen and oxygen atoms in total. The predicted octanol–water partition coefficient (Wildman–Crippen LogP) is 2.02. The van der Waals surface area contributed by atoms with E-state index in [0.29, 0.717) is 5.25 Å². The summed E-state index contributed by atoms with van der Waals surface area (Å²) >= 11 is 3.65. The topological polar surface area (TPSA) is 49.4 Å². The molecule has 1 aromatic rings. The van der Waals surface area contributed by atoms with E-state index in [1.165, 1.54) is 14.7 Å². The van der Waals surface area contributed by atoms with Gasteiger partial charge in [0.05, 0.1) is 16.7 Å². The van der Waals surface area contributed by atoms with Crippen LogP contribution in [0, 0.1) is 0 Å². The number of carbonyl (C=O) groups is 2. The van der Waals surface area contributed by atoms with Crippen LogP contribution in [0.2, 0.25) is 0 Å². The van der Waals surface area contributed by atoms with E-state index in [4.69, 9.17) is 0 Å². The molecule has 3 rings (SSSR count). The number of fused-ring (bicyclic) bond motifs is 1. The Morgan fingerprint density at radius 3 is 2.84 bits per heavy atom. The van der Waals surface area contributed by atoms with Crippen LogP contribution >= 0.6 is 23.1 Å². The molecule has 3 heterocycles. The van der Waals surface area contributed by atoms with Crippen molar-refractivity contribution in [3.8, 4) is 0 Å². The monoisotopic (exact) mass is 296 g/mol. The number of thiophene rings is 1. The fourth-order valence-electron chi connectivity index (χ4n) is 2.64. The maximum atomic E-state index is 12.0. The average molecular weight is 296 g/mol. The van der Waals surface area contributed by atoms with Gasteiger partial charge < -0.3 is 0 Å². The lowest BCUT2D eigenvalue weighted by Crippen LogP contribution is -2.40. The molecule has 2 aliphatic rings. The fourth-order valence-corrected chi connectivity index (χ4v) is 5.20. The lowest BCUT2D eigenvalue weighted by molar-refractivity contribution is -0.137. The maximum absolute atomic E-state index is 12.0. The molecule has 0 aromatic carbocycles. The van der Waals surface area contributed by atoms with Gasteiger partial charge in [0, 0.05) is 18.3 Å². The normalized spacial score (nSPS) is 30.8. The van der Waals surface area contributed by atoms with Crippen LogP contribution in [0.25, 0.3) is 0 Å². The molecule has 0 bridgehead atoms.